The number of rotatable bonds is 8. The van der Waals surface area contributed by atoms with Crippen LogP contribution in [0.5, 0.6) is 0 Å². The van der Waals surface area contributed by atoms with E-state index >= 15 is 0 Å². The Morgan fingerprint density at radius 1 is 1.62 bits per heavy atom. The van der Waals surface area contributed by atoms with Crippen molar-refractivity contribution < 1.29 is 14.6 Å². The summed E-state index contributed by atoms with van der Waals surface area (Å²) in [4.78, 5) is 11.5. The number of thioether (sulfide) groups is 1. The van der Waals surface area contributed by atoms with E-state index in [0.29, 0.717) is 17.4 Å². The van der Waals surface area contributed by atoms with Gasteiger partial charge in [-0.3, -0.25) is 0 Å². The normalized spacial score (nSPS) is 14.0. The van der Waals surface area contributed by atoms with Gasteiger partial charge in [0.2, 0.25) is 0 Å². The number of carbonyl (C=O) groups excluding carboxylic acids is 1. The van der Waals surface area contributed by atoms with E-state index in [0.717, 1.165) is 5.75 Å². The molecule has 2 atom stereocenters. The van der Waals surface area contributed by atoms with Crippen molar-refractivity contribution in [3.63, 3.8) is 0 Å². The number of nitrogens with one attached hydrogen (secondary N) is 1. The molecule has 0 saturated carbocycles. The molecule has 4 nitrogen and oxygen atoms in total. The van der Waals surface area contributed by atoms with Crippen LogP contribution in [0.15, 0.2) is 0 Å². The van der Waals surface area contributed by atoms with Crippen molar-refractivity contribution in [2.24, 2.45) is 0 Å². The van der Waals surface area contributed by atoms with Crippen molar-refractivity contribution in [1.82, 2.24) is 5.32 Å². The van der Waals surface area contributed by atoms with Crippen LogP contribution in [0.2, 0.25) is 0 Å². The summed E-state index contributed by atoms with van der Waals surface area (Å²) in [6.07, 6.45) is 2.69. The zero-order valence-corrected chi connectivity index (χ0v) is 12.4. The summed E-state index contributed by atoms with van der Waals surface area (Å²) in [5.74, 6) is 0.563. The molecule has 6 heteroatoms. The minimum atomic E-state index is -0.568. The van der Waals surface area contributed by atoms with Crippen molar-refractivity contribution in [1.29, 1.82) is 0 Å². The number of ether oxygens (including phenoxy) is 1. The molecule has 16 heavy (non-hydrogen) atoms. The van der Waals surface area contributed by atoms with Crippen molar-refractivity contribution in [2.45, 2.75) is 31.9 Å². The molecule has 94 valence electrons. The van der Waals surface area contributed by atoms with Crippen LogP contribution in [0.3, 0.4) is 0 Å². The van der Waals surface area contributed by atoms with E-state index in [1.54, 1.807) is 11.8 Å². The second kappa shape index (κ2) is 9.05. The molecule has 0 amide bonds. The maximum absolute atomic E-state index is 11.5. The summed E-state index contributed by atoms with van der Waals surface area (Å²) in [6.45, 7) is 1.87. The molecule has 0 rings (SSSR count). The topological polar surface area (TPSA) is 58.6 Å². The van der Waals surface area contributed by atoms with E-state index in [9.17, 15) is 9.90 Å². The molecule has 0 radical (unpaired) electrons. The van der Waals surface area contributed by atoms with Gasteiger partial charge in [-0.1, -0.05) is 0 Å². The van der Waals surface area contributed by atoms with Crippen LogP contribution >= 0.6 is 11.8 Å². The van der Waals surface area contributed by atoms with Crippen LogP contribution < -0.4 is 5.32 Å². The first kappa shape index (κ1) is 16.0. The number of methoxy groups -OCH3 is 1. The third-order valence-corrected chi connectivity index (χ3v) is 3.56. The molecule has 2 N–H and O–H groups in total. The average Bonchev–Trinajstić information content (AvgIpc) is 2.31. The van der Waals surface area contributed by atoms with Gasteiger partial charge in [-0.05, 0) is 0 Å². The summed E-state index contributed by atoms with van der Waals surface area (Å²) < 4.78 is 5.30. The molecule has 0 aliphatic rings. The second-order valence-electron chi connectivity index (χ2n) is 3.29. The Morgan fingerprint density at radius 3 is 2.69 bits per heavy atom. The predicted octanol–water partition coefficient (Wildman–Crippen LogP) is -0.0600. The summed E-state index contributed by atoms with van der Waals surface area (Å²) in [7, 11) is 1.37. The molecular weight excluding hydrogens is 293 g/mol. The quantitative estimate of drug-likeness (QED) is 0.486. The van der Waals surface area contributed by atoms with E-state index in [1.165, 1.54) is 7.11 Å². The molecule has 0 aromatic carbocycles. The first-order valence-corrected chi connectivity index (χ1v) is 7.37. The van der Waals surface area contributed by atoms with Crippen molar-refractivity contribution in [3.8, 4) is 0 Å². The van der Waals surface area contributed by atoms with Crippen molar-refractivity contribution in [2.75, 3.05) is 19.1 Å². The Kier molecular flexibility index (Phi) is 9.03. The molecule has 0 fully saturated rings. The van der Waals surface area contributed by atoms with Gasteiger partial charge in [0.25, 0.3) is 0 Å². The molecule has 0 unspecified atom stereocenters. The van der Waals surface area contributed by atoms with E-state index in [-0.39, 0.29) is 5.97 Å². The van der Waals surface area contributed by atoms with Gasteiger partial charge in [0, 0.05) is 0 Å². The molecule has 0 spiro atoms. The summed E-state index contributed by atoms with van der Waals surface area (Å²) in [6, 6.07) is -0.394. The van der Waals surface area contributed by atoms with Gasteiger partial charge in [0.05, 0.1) is 0 Å². The zero-order chi connectivity index (χ0) is 12.6. The summed E-state index contributed by atoms with van der Waals surface area (Å²) in [5.41, 5.74) is 0. The van der Waals surface area contributed by atoms with E-state index in [4.69, 9.17) is 4.74 Å². The Morgan fingerprint density at radius 2 is 2.25 bits per heavy atom. The predicted molar refractivity (Wildman–Crippen MR) is 69.0 cm³/mol. The Balaban J connectivity index is 4.30. The SMILES string of the molecule is CC[C@@H](O)C(=[Se])N[C@@H](CCSC)C(=O)OC. The fraction of sp³-hybridized carbons (Fsp3) is 0.800. The van der Waals surface area contributed by atoms with Gasteiger partial charge in [-0.2, -0.15) is 0 Å². The van der Waals surface area contributed by atoms with Crippen molar-refractivity contribution >= 4 is 37.8 Å². The number of aliphatic hydroxyl groups excluding tert-OH is 1. The molecule has 0 heterocycles. The molecule has 0 saturated heterocycles. The molecule has 0 aromatic rings. The second-order valence-corrected chi connectivity index (χ2v) is 5.20. The van der Waals surface area contributed by atoms with E-state index in [2.05, 4.69) is 20.9 Å². The molecular formula is C10H19NO3SSe. The van der Waals surface area contributed by atoms with Crippen LogP contribution in [0, 0.1) is 0 Å². The first-order valence-electron chi connectivity index (χ1n) is 5.12. The van der Waals surface area contributed by atoms with Gasteiger partial charge in [-0.15, -0.1) is 0 Å². The van der Waals surface area contributed by atoms with Crippen LogP contribution in [0.25, 0.3) is 0 Å². The molecule has 0 bridgehead atoms. The summed E-state index contributed by atoms with van der Waals surface area (Å²) >= 11 is 4.42. The van der Waals surface area contributed by atoms with Gasteiger partial charge < -0.3 is 0 Å². The number of aliphatic hydroxyl groups is 1. The van der Waals surface area contributed by atoms with Crippen LogP contribution in [0.4, 0.5) is 0 Å². The zero-order valence-electron chi connectivity index (χ0n) is 9.86. The van der Waals surface area contributed by atoms with Gasteiger partial charge >= 0.3 is 109 Å². The fourth-order valence-corrected chi connectivity index (χ4v) is 2.20. The average molecular weight is 312 g/mol. The Hall–Kier alpha value is -0.0305. The fourth-order valence-electron chi connectivity index (χ4n) is 1.08. The maximum atomic E-state index is 11.5. The molecule has 0 aliphatic heterocycles. The summed E-state index contributed by atoms with van der Waals surface area (Å²) in [5, 5.41) is 12.5. The van der Waals surface area contributed by atoms with Gasteiger partial charge in [0.1, 0.15) is 0 Å². The van der Waals surface area contributed by atoms with E-state index in [1.807, 2.05) is 13.2 Å². The molecule has 0 aromatic heterocycles. The number of carbonyl (C=O) groups is 1. The van der Waals surface area contributed by atoms with Gasteiger partial charge in [0.15, 0.2) is 0 Å². The first-order chi connectivity index (χ1) is 7.56. The Bertz CT molecular complexity index is 238. The minimum absolute atomic E-state index is 0.301. The van der Waals surface area contributed by atoms with Crippen LogP contribution in [0.1, 0.15) is 19.8 Å². The van der Waals surface area contributed by atoms with Crippen LogP contribution in [-0.2, 0) is 9.53 Å². The van der Waals surface area contributed by atoms with Gasteiger partial charge in [-0.25, -0.2) is 0 Å². The third kappa shape index (κ3) is 5.89. The molecule has 0 aliphatic carbocycles. The third-order valence-electron chi connectivity index (χ3n) is 2.10. The van der Waals surface area contributed by atoms with E-state index < -0.39 is 12.1 Å². The number of esters is 1. The standard InChI is InChI=1S/C10H19NO3SSe/c1-4-8(12)9(16)11-7(5-6-15-3)10(13)14-2/h7-8,12H,4-6H2,1-3H3,(H,11,16)/t7-,8+/m0/s1. The Labute approximate surface area is 109 Å². The number of hydrogen-bond donors (Lipinski definition) is 2. The van der Waals surface area contributed by atoms with Crippen molar-refractivity contribution in [3.05, 3.63) is 0 Å². The van der Waals surface area contributed by atoms with Crippen LogP contribution in [-0.4, -0.2) is 62.5 Å². The monoisotopic (exact) mass is 313 g/mol. The number of hydrogen-bond acceptors (Lipinski definition) is 5.